The van der Waals surface area contributed by atoms with E-state index in [1.165, 1.54) is 31.2 Å². The van der Waals surface area contributed by atoms with Crippen LogP contribution in [-0.2, 0) is 0 Å². The number of hydrogen-bond acceptors (Lipinski definition) is 2. The first-order valence-electron chi connectivity index (χ1n) is 6.60. The minimum Gasteiger partial charge on any atom is -0.497 e. The summed E-state index contributed by atoms with van der Waals surface area (Å²) in [5, 5.41) is 9.52. The first kappa shape index (κ1) is 12.4. The third kappa shape index (κ3) is 3.01. The van der Waals surface area contributed by atoms with Gasteiger partial charge in [-0.15, -0.1) is 0 Å². The highest BCUT2D eigenvalue weighted by Crippen LogP contribution is 2.36. The molecule has 0 saturated heterocycles. The van der Waals surface area contributed by atoms with Crippen LogP contribution in [0.25, 0.3) is 0 Å². The normalized spacial score (nSPS) is 25.3. The maximum Gasteiger partial charge on any atom is 0.118 e. The van der Waals surface area contributed by atoms with Gasteiger partial charge in [0.15, 0.2) is 0 Å². The van der Waals surface area contributed by atoms with Crippen molar-refractivity contribution < 1.29 is 9.84 Å². The number of rotatable bonds is 3. The highest BCUT2D eigenvalue weighted by molar-refractivity contribution is 5.29. The van der Waals surface area contributed by atoms with Crippen LogP contribution in [-0.4, -0.2) is 18.8 Å². The third-order valence-corrected chi connectivity index (χ3v) is 3.94. The molecule has 1 aromatic carbocycles. The second-order valence-electron chi connectivity index (χ2n) is 4.96. The van der Waals surface area contributed by atoms with Crippen LogP contribution in [0.5, 0.6) is 5.75 Å². The molecule has 1 aliphatic rings. The summed E-state index contributed by atoms with van der Waals surface area (Å²) in [5.41, 5.74) is 1.35. The van der Waals surface area contributed by atoms with Crippen LogP contribution in [0, 0.1) is 5.92 Å². The minimum atomic E-state index is 0.316. The smallest absolute Gasteiger partial charge is 0.118 e. The average molecular weight is 234 g/mol. The van der Waals surface area contributed by atoms with Crippen molar-refractivity contribution in [2.75, 3.05) is 13.7 Å². The summed E-state index contributed by atoms with van der Waals surface area (Å²) in [6, 6.07) is 8.35. The SMILES string of the molecule is COc1ccc([C@H]2CCCCC[C@@H]2CO)cc1. The van der Waals surface area contributed by atoms with Crippen LogP contribution in [0.1, 0.15) is 43.6 Å². The number of benzene rings is 1. The molecule has 0 unspecified atom stereocenters. The molecule has 1 fully saturated rings. The summed E-state index contributed by atoms with van der Waals surface area (Å²) < 4.78 is 5.18. The Morgan fingerprint density at radius 1 is 1.12 bits per heavy atom. The van der Waals surface area contributed by atoms with Crippen molar-refractivity contribution in [2.24, 2.45) is 5.92 Å². The van der Waals surface area contributed by atoms with Crippen molar-refractivity contribution in [3.05, 3.63) is 29.8 Å². The molecule has 1 N–H and O–H groups in total. The Hall–Kier alpha value is -1.02. The molecule has 2 atom stereocenters. The van der Waals surface area contributed by atoms with Crippen molar-refractivity contribution in [3.63, 3.8) is 0 Å². The van der Waals surface area contributed by atoms with Gasteiger partial charge in [-0.3, -0.25) is 0 Å². The third-order valence-electron chi connectivity index (χ3n) is 3.94. The van der Waals surface area contributed by atoms with E-state index in [1.54, 1.807) is 7.11 Å². The number of hydrogen-bond donors (Lipinski definition) is 1. The first-order valence-corrected chi connectivity index (χ1v) is 6.60. The van der Waals surface area contributed by atoms with Gasteiger partial charge >= 0.3 is 0 Å². The molecule has 0 amide bonds. The maximum absolute atomic E-state index is 9.52. The maximum atomic E-state index is 9.52. The number of aliphatic hydroxyl groups excluding tert-OH is 1. The van der Waals surface area contributed by atoms with E-state index < -0.39 is 0 Å². The lowest BCUT2D eigenvalue weighted by Gasteiger charge is -2.23. The molecule has 0 aromatic heterocycles. The molecular weight excluding hydrogens is 212 g/mol. The fourth-order valence-corrected chi connectivity index (χ4v) is 2.89. The standard InChI is InChI=1S/C15H22O2/c1-17-14-9-7-12(8-10-14)15-6-4-2-3-5-13(15)11-16/h7-10,13,15-16H,2-6,11H2,1H3/t13-,15-/m1/s1. The van der Waals surface area contributed by atoms with E-state index in [0.717, 1.165) is 12.2 Å². The van der Waals surface area contributed by atoms with Gasteiger partial charge in [0.25, 0.3) is 0 Å². The summed E-state index contributed by atoms with van der Waals surface area (Å²) in [5.74, 6) is 1.86. The van der Waals surface area contributed by atoms with E-state index in [4.69, 9.17) is 4.74 Å². The molecule has 0 aliphatic heterocycles. The summed E-state index contributed by atoms with van der Waals surface area (Å²) in [7, 11) is 1.69. The number of methoxy groups -OCH3 is 1. The van der Waals surface area contributed by atoms with Crippen molar-refractivity contribution >= 4 is 0 Å². The zero-order chi connectivity index (χ0) is 12.1. The van der Waals surface area contributed by atoms with Gasteiger partial charge < -0.3 is 9.84 Å². The van der Waals surface area contributed by atoms with Gasteiger partial charge in [0.2, 0.25) is 0 Å². The van der Waals surface area contributed by atoms with Crippen LogP contribution >= 0.6 is 0 Å². The highest BCUT2D eigenvalue weighted by atomic mass is 16.5. The lowest BCUT2D eigenvalue weighted by molar-refractivity contribution is 0.196. The molecule has 0 spiro atoms. The minimum absolute atomic E-state index is 0.316. The molecule has 2 heteroatoms. The predicted molar refractivity (Wildman–Crippen MR) is 69.4 cm³/mol. The monoisotopic (exact) mass is 234 g/mol. The zero-order valence-corrected chi connectivity index (χ0v) is 10.6. The van der Waals surface area contributed by atoms with E-state index in [2.05, 4.69) is 12.1 Å². The summed E-state index contributed by atoms with van der Waals surface area (Å²) in [6.07, 6.45) is 6.22. The molecular formula is C15H22O2. The molecule has 17 heavy (non-hydrogen) atoms. The Balaban J connectivity index is 2.16. The lowest BCUT2D eigenvalue weighted by Crippen LogP contribution is -2.15. The molecule has 0 heterocycles. The molecule has 2 nitrogen and oxygen atoms in total. The van der Waals surface area contributed by atoms with E-state index in [-0.39, 0.29) is 0 Å². The van der Waals surface area contributed by atoms with Crippen molar-refractivity contribution in [3.8, 4) is 5.75 Å². The summed E-state index contributed by atoms with van der Waals surface area (Å²) in [4.78, 5) is 0. The predicted octanol–water partition coefficient (Wildman–Crippen LogP) is 3.35. The van der Waals surface area contributed by atoms with Crippen LogP contribution in [0.15, 0.2) is 24.3 Å². The van der Waals surface area contributed by atoms with E-state index in [1.807, 2.05) is 12.1 Å². The first-order chi connectivity index (χ1) is 8.35. The largest absolute Gasteiger partial charge is 0.497 e. The van der Waals surface area contributed by atoms with E-state index in [9.17, 15) is 5.11 Å². The summed E-state index contributed by atoms with van der Waals surface area (Å²) >= 11 is 0. The van der Waals surface area contributed by atoms with Crippen molar-refractivity contribution in [2.45, 2.75) is 38.0 Å². The van der Waals surface area contributed by atoms with Gasteiger partial charge in [-0.05, 0) is 42.4 Å². The average Bonchev–Trinajstić information content (AvgIpc) is 2.64. The second kappa shape index (κ2) is 6.06. The van der Waals surface area contributed by atoms with Gasteiger partial charge in [-0.1, -0.05) is 31.4 Å². The van der Waals surface area contributed by atoms with Gasteiger partial charge in [-0.2, -0.15) is 0 Å². The van der Waals surface area contributed by atoms with Gasteiger partial charge in [-0.25, -0.2) is 0 Å². The molecule has 1 saturated carbocycles. The van der Waals surface area contributed by atoms with Gasteiger partial charge in [0, 0.05) is 6.61 Å². The summed E-state index contributed by atoms with van der Waals surface area (Å²) in [6.45, 7) is 0.316. The van der Waals surface area contributed by atoms with Crippen molar-refractivity contribution in [1.29, 1.82) is 0 Å². The molecule has 0 bridgehead atoms. The Morgan fingerprint density at radius 2 is 1.82 bits per heavy atom. The molecule has 1 aliphatic carbocycles. The molecule has 2 rings (SSSR count). The quantitative estimate of drug-likeness (QED) is 0.813. The Kier molecular flexibility index (Phi) is 4.43. The zero-order valence-electron chi connectivity index (χ0n) is 10.6. The van der Waals surface area contributed by atoms with Crippen molar-refractivity contribution in [1.82, 2.24) is 0 Å². The lowest BCUT2D eigenvalue weighted by atomic mass is 9.83. The van der Waals surface area contributed by atoms with Crippen LogP contribution in [0.2, 0.25) is 0 Å². The number of aliphatic hydroxyl groups is 1. The fraction of sp³-hybridized carbons (Fsp3) is 0.600. The van der Waals surface area contributed by atoms with Crippen LogP contribution in [0.4, 0.5) is 0 Å². The van der Waals surface area contributed by atoms with Crippen LogP contribution < -0.4 is 4.74 Å². The molecule has 94 valence electrons. The fourth-order valence-electron chi connectivity index (χ4n) is 2.89. The van der Waals surface area contributed by atoms with E-state index >= 15 is 0 Å². The van der Waals surface area contributed by atoms with Gasteiger partial charge in [0.1, 0.15) is 5.75 Å². The molecule has 0 radical (unpaired) electrons. The second-order valence-corrected chi connectivity index (χ2v) is 4.96. The van der Waals surface area contributed by atoms with Crippen LogP contribution in [0.3, 0.4) is 0 Å². The van der Waals surface area contributed by atoms with Gasteiger partial charge in [0.05, 0.1) is 7.11 Å². The topological polar surface area (TPSA) is 29.5 Å². The Bertz CT molecular complexity index is 331. The highest BCUT2D eigenvalue weighted by Gasteiger charge is 2.24. The molecule has 1 aromatic rings. The van der Waals surface area contributed by atoms with E-state index in [0.29, 0.717) is 18.4 Å². The number of ether oxygens (including phenoxy) is 1. The Morgan fingerprint density at radius 3 is 2.47 bits per heavy atom. The Labute approximate surface area is 104 Å².